The highest BCUT2D eigenvalue weighted by Gasteiger charge is 2.14. The number of H-pyrrole nitrogens is 1. The van der Waals surface area contributed by atoms with E-state index in [1.807, 2.05) is 18.2 Å². The molecule has 0 radical (unpaired) electrons. The molecule has 7 heteroatoms. The maximum Gasteiger partial charge on any atom is 0.252 e. The number of sulfonamides is 1. The van der Waals surface area contributed by atoms with E-state index in [1.165, 1.54) is 0 Å². The summed E-state index contributed by atoms with van der Waals surface area (Å²) in [6.45, 7) is -0.0764. The Hall–Kier alpha value is -2.15. The van der Waals surface area contributed by atoms with Crippen LogP contribution in [0.5, 0.6) is 0 Å². The Bertz CT molecular complexity index is 1040. The van der Waals surface area contributed by atoms with Gasteiger partial charge in [0.2, 0.25) is 10.0 Å². The Morgan fingerprint density at radius 2 is 1.71 bits per heavy atom. The first-order valence-corrected chi connectivity index (χ1v) is 9.29. The van der Waals surface area contributed by atoms with E-state index in [1.54, 1.807) is 36.4 Å². The lowest BCUT2D eigenvalue weighted by atomic mass is 10.1. The molecule has 0 saturated carbocycles. The number of fused-ring (bicyclic) bond motifs is 1. The lowest BCUT2D eigenvalue weighted by Crippen LogP contribution is -2.28. The molecule has 2 aromatic carbocycles. The Balaban J connectivity index is 1.78. The zero-order valence-corrected chi connectivity index (χ0v) is 14.2. The molecule has 2 N–H and O–H groups in total. The molecule has 0 bridgehead atoms. The fourth-order valence-corrected chi connectivity index (χ4v) is 3.80. The van der Waals surface area contributed by atoms with Crippen molar-refractivity contribution < 1.29 is 8.42 Å². The van der Waals surface area contributed by atoms with Gasteiger partial charge in [-0.25, -0.2) is 13.1 Å². The maximum absolute atomic E-state index is 12.2. The number of aromatic nitrogens is 1. The number of hydrogen-bond acceptors (Lipinski definition) is 3. The van der Waals surface area contributed by atoms with E-state index in [4.69, 9.17) is 11.6 Å². The molecule has 124 valence electrons. The number of benzene rings is 2. The largest absolute Gasteiger partial charge is 0.322 e. The molecular formula is C17H15ClN2O3S. The SMILES string of the molecule is O=c1[nH]c2ccccc2cc1CNS(=O)(=O)Cc1ccccc1Cl. The summed E-state index contributed by atoms with van der Waals surface area (Å²) in [6, 6.07) is 15.8. The van der Waals surface area contributed by atoms with Crippen LogP contribution in [0.25, 0.3) is 10.9 Å². The molecule has 0 saturated heterocycles. The summed E-state index contributed by atoms with van der Waals surface area (Å²) in [5.74, 6) is -0.238. The fraction of sp³-hybridized carbons (Fsp3) is 0.118. The van der Waals surface area contributed by atoms with Crippen molar-refractivity contribution in [3.63, 3.8) is 0 Å². The number of para-hydroxylation sites is 1. The smallest absolute Gasteiger partial charge is 0.252 e. The molecule has 0 unspecified atom stereocenters. The van der Waals surface area contributed by atoms with Crippen LogP contribution < -0.4 is 10.3 Å². The minimum Gasteiger partial charge on any atom is -0.322 e. The minimum absolute atomic E-state index is 0.0764. The van der Waals surface area contributed by atoms with Crippen molar-refractivity contribution in [1.29, 1.82) is 0 Å². The first-order chi connectivity index (χ1) is 11.4. The summed E-state index contributed by atoms with van der Waals surface area (Å²) in [6.07, 6.45) is 0. The van der Waals surface area contributed by atoms with Crippen LogP contribution in [0.2, 0.25) is 5.02 Å². The van der Waals surface area contributed by atoms with Crippen LogP contribution in [0.15, 0.2) is 59.4 Å². The van der Waals surface area contributed by atoms with Gasteiger partial charge in [0.05, 0.1) is 5.75 Å². The highest BCUT2D eigenvalue weighted by molar-refractivity contribution is 7.88. The molecule has 0 aliphatic carbocycles. The van der Waals surface area contributed by atoms with Crippen LogP contribution in [0.1, 0.15) is 11.1 Å². The van der Waals surface area contributed by atoms with Crippen LogP contribution in [0, 0.1) is 0 Å². The van der Waals surface area contributed by atoms with Crippen molar-refractivity contribution in [2.24, 2.45) is 0 Å². The van der Waals surface area contributed by atoms with E-state index in [9.17, 15) is 13.2 Å². The molecule has 1 heterocycles. The van der Waals surface area contributed by atoms with Gasteiger partial charge in [-0.2, -0.15) is 0 Å². The van der Waals surface area contributed by atoms with Crippen LogP contribution in [0.4, 0.5) is 0 Å². The zero-order chi connectivity index (χ0) is 17.2. The minimum atomic E-state index is -3.61. The molecule has 24 heavy (non-hydrogen) atoms. The van der Waals surface area contributed by atoms with E-state index < -0.39 is 10.0 Å². The molecule has 5 nitrogen and oxygen atoms in total. The van der Waals surface area contributed by atoms with Crippen molar-refractivity contribution in [1.82, 2.24) is 9.71 Å². The standard InChI is InChI=1S/C17H15ClN2O3S/c18-15-7-3-1-6-13(15)11-24(22,23)19-10-14-9-12-5-2-4-8-16(12)20-17(14)21/h1-9,19H,10-11H2,(H,20,21). The number of pyridine rings is 1. The number of nitrogens with one attached hydrogen (secondary N) is 2. The third-order valence-corrected chi connectivity index (χ3v) is 5.26. The van der Waals surface area contributed by atoms with E-state index in [0.717, 1.165) is 5.39 Å². The Labute approximate surface area is 144 Å². The summed E-state index contributed by atoms with van der Waals surface area (Å²) in [5.41, 5.74) is 1.27. The average Bonchev–Trinajstić information content (AvgIpc) is 2.55. The predicted octanol–water partition coefficient (Wildman–Crippen LogP) is 2.80. The van der Waals surface area contributed by atoms with Crippen molar-refractivity contribution in [2.45, 2.75) is 12.3 Å². The number of aromatic amines is 1. The lowest BCUT2D eigenvalue weighted by Gasteiger charge is -2.08. The van der Waals surface area contributed by atoms with Gasteiger partial charge < -0.3 is 4.98 Å². The Morgan fingerprint density at radius 1 is 1.00 bits per heavy atom. The van der Waals surface area contributed by atoms with Crippen molar-refractivity contribution in [3.05, 3.63) is 81.1 Å². The van der Waals surface area contributed by atoms with Gasteiger partial charge in [0.1, 0.15) is 0 Å². The van der Waals surface area contributed by atoms with Gasteiger partial charge in [-0.15, -0.1) is 0 Å². The molecule has 3 aromatic rings. The number of hydrogen-bond donors (Lipinski definition) is 2. The van der Waals surface area contributed by atoms with E-state index >= 15 is 0 Å². The Kier molecular flexibility index (Phi) is 4.71. The zero-order valence-electron chi connectivity index (χ0n) is 12.6. The monoisotopic (exact) mass is 362 g/mol. The lowest BCUT2D eigenvalue weighted by molar-refractivity contribution is 0.580. The van der Waals surface area contributed by atoms with Gasteiger partial charge in [-0.05, 0) is 29.1 Å². The Morgan fingerprint density at radius 3 is 2.50 bits per heavy atom. The highest BCUT2D eigenvalue weighted by Crippen LogP contribution is 2.17. The molecule has 0 aliphatic rings. The van der Waals surface area contributed by atoms with Crippen molar-refractivity contribution in [3.8, 4) is 0 Å². The highest BCUT2D eigenvalue weighted by atomic mass is 35.5. The third kappa shape index (κ3) is 3.84. The van der Waals surface area contributed by atoms with Crippen LogP contribution in [-0.4, -0.2) is 13.4 Å². The molecular weight excluding hydrogens is 348 g/mol. The summed E-state index contributed by atoms with van der Waals surface area (Å²) in [7, 11) is -3.61. The molecule has 3 rings (SSSR count). The van der Waals surface area contributed by atoms with Crippen molar-refractivity contribution >= 4 is 32.5 Å². The average molecular weight is 363 g/mol. The van der Waals surface area contributed by atoms with Crippen LogP contribution in [0.3, 0.4) is 0 Å². The summed E-state index contributed by atoms with van der Waals surface area (Å²) < 4.78 is 26.9. The van der Waals surface area contributed by atoms with Gasteiger partial charge in [-0.3, -0.25) is 4.79 Å². The molecule has 0 spiro atoms. The predicted molar refractivity (Wildman–Crippen MR) is 95.5 cm³/mol. The molecule has 1 aromatic heterocycles. The van der Waals surface area contributed by atoms with Gasteiger partial charge in [0, 0.05) is 22.6 Å². The fourth-order valence-electron chi connectivity index (χ4n) is 2.38. The second-order valence-electron chi connectivity index (χ2n) is 5.38. The van der Waals surface area contributed by atoms with E-state index in [0.29, 0.717) is 21.7 Å². The van der Waals surface area contributed by atoms with Gasteiger partial charge >= 0.3 is 0 Å². The summed E-state index contributed by atoms with van der Waals surface area (Å²) in [5, 5.41) is 1.24. The van der Waals surface area contributed by atoms with Gasteiger partial charge in [-0.1, -0.05) is 48.0 Å². The molecule has 0 amide bonds. The van der Waals surface area contributed by atoms with Crippen LogP contribution >= 0.6 is 11.6 Å². The summed E-state index contributed by atoms with van der Waals surface area (Å²) >= 11 is 5.99. The third-order valence-electron chi connectivity index (χ3n) is 3.62. The van der Waals surface area contributed by atoms with Crippen molar-refractivity contribution in [2.75, 3.05) is 0 Å². The van der Waals surface area contributed by atoms with Crippen LogP contribution in [-0.2, 0) is 22.3 Å². The number of rotatable bonds is 5. The first-order valence-electron chi connectivity index (χ1n) is 7.26. The van der Waals surface area contributed by atoms with E-state index in [-0.39, 0.29) is 17.9 Å². The summed E-state index contributed by atoms with van der Waals surface area (Å²) in [4.78, 5) is 14.8. The second-order valence-corrected chi connectivity index (χ2v) is 7.60. The van der Waals surface area contributed by atoms with Gasteiger partial charge in [0.25, 0.3) is 5.56 Å². The normalized spacial score (nSPS) is 11.7. The maximum atomic E-state index is 12.2. The quantitative estimate of drug-likeness (QED) is 0.732. The first kappa shape index (κ1) is 16.7. The molecule has 0 atom stereocenters. The van der Waals surface area contributed by atoms with E-state index in [2.05, 4.69) is 9.71 Å². The molecule has 0 aliphatic heterocycles. The topological polar surface area (TPSA) is 79.0 Å². The van der Waals surface area contributed by atoms with Gasteiger partial charge in [0.15, 0.2) is 0 Å². The second kappa shape index (κ2) is 6.76. The number of halogens is 1. The molecule has 0 fully saturated rings.